The Hall–Kier alpha value is -3.35. The third-order valence-corrected chi connectivity index (χ3v) is 4.12. The molecule has 2 aromatic carbocycles. The van der Waals surface area contributed by atoms with Gasteiger partial charge >= 0.3 is 6.18 Å². The molecule has 0 atom stereocenters. The van der Waals surface area contributed by atoms with Gasteiger partial charge in [-0.15, -0.1) is 0 Å². The van der Waals surface area contributed by atoms with Crippen LogP contribution in [0.5, 0.6) is 0 Å². The number of aromatic nitrogens is 1. The summed E-state index contributed by atoms with van der Waals surface area (Å²) < 4.78 is 38.3. The van der Waals surface area contributed by atoms with Crippen LogP contribution in [0.1, 0.15) is 16.7 Å². The molecule has 0 aliphatic rings. The van der Waals surface area contributed by atoms with Gasteiger partial charge in [0.2, 0.25) is 5.91 Å². The summed E-state index contributed by atoms with van der Waals surface area (Å²) >= 11 is 0. The van der Waals surface area contributed by atoms with Crippen LogP contribution in [-0.2, 0) is 17.4 Å². The van der Waals surface area contributed by atoms with Crippen LogP contribution in [0, 0.1) is 6.92 Å². The summed E-state index contributed by atoms with van der Waals surface area (Å²) in [6, 6.07) is 15.7. The SMILES string of the molecule is Cc1ccccc1CC(=O)Nc1ccc(Nc2cccc(C(F)(F)F)c2)nc1. The Morgan fingerprint density at radius 1 is 1.00 bits per heavy atom. The molecule has 3 aromatic rings. The monoisotopic (exact) mass is 385 g/mol. The Morgan fingerprint density at radius 2 is 1.79 bits per heavy atom. The maximum atomic E-state index is 12.8. The van der Waals surface area contributed by atoms with Crippen LogP contribution < -0.4 is 10.6 Å². The van der Waals surface area contributed by atoms with Gasteiger partial charge in [-0.3, -0.25) is 4.79 Å². The van der Waals surface area contributed by atoms with Crippen molar-refractivity contribution in [2.75, 3.05) is 10.6 Å². The number of aryl methyl sites for hydroxylation is 1. The molecule has 1 amide bonds. The third-order valence-electron chi connectivity index (χ3n) is 4.12. The summed E-state index contributed by atoms with van der Waals surface area (Å²) in [6.07, 6.45) is -2.71. The fourth-order valence-corrected chi connectivity index (χ4v) is 2.65. The van der Waals surface area contributed by atoms with Crippen LogP contribution in [0.15, 0.2) is 66.9 Å². The molecule has 4 nitrogen and oxygen atoms in total. The van der Waals surface area contributed by atoms with Crippen molar-refractivity contribution in [1.82, 2.24) is 4.98 Å². The number of carbonyl (C=O) groups is 1. The standard InChI is InChI=1S/C21H18F3N3O/c1-14-5-2-3-6-15(14)11-20(28)27-18-9-10-19(25-13-18)26-17-8-4-7-16(12-17)21(22,23)24/h2-10,12-13H,11H2,1H3,(H,25,26)(H,27,28). The van der Waals surface area contributed by atoms with Gasteiger partial charge in [0.05, 0.1) is 23.9 Å². The zero-order valence-corrected chi connectivity index (χ0v) is 15.0. The minimum atomic E-state index is -4.41. The lowest BCUT2D eigenvalue weighted by Crippen LogP contribution is -2.15. The van der Waals surface area contributed by atoms with E-state index < -0.39 is 11.7 Å². The van der Waals surface area contributed by atoms with Crippen LogP contribution >= 0.6 is 0 Å². The van der Waals surface area contributed by atoms with Crippen molar-refractivity contribution in [3.05, 3.63) is 83.6 Å². The number of halogens is 3. The predicted octanol–water partition coefficient (Wildman–Crippen LogP) is 5.33. The van der Waals surface area contributed by atoms with Crippen LogP contribution in [0.4, 0.5) is 30.4 Å². The second-order valence-corrected chi connectivity index (χ2v) is 6.29. The third kappa shape index (κ3) is 5.09. The Kier molecular flexibility index (Phi) is 5.63. The first-order valence-electron chi connectivity index (χ1n) is 8.56. The molecule has 2 N–H and O–H groups in total. The van der Waals surface area contributed by atoms with Gasteiger partial charge in [0.25, 0.3) is 0 Å². The van der Waals surface area contributed by atoms with E-state index in [0.717, 1.165) is 23.3 Å². The summed E-state index contributed by atoms with van der Waals surface area (Å²) in [4.78, 5) is 16.3. The van der Waals surface area contributed by atoms with E-state index >= 15 is 0 Å². The Balaban J connectivity index is 1.62. The van der Waals surface area contributed by atoms with Gasteiger partial charge in [-0.1, -0.05) is 30.3 Å². The number of nitrogens with zero attached hydrogens (tertiary/aromatic N) is 1. The Bertz CT molecular complexity index is 969. The number of nitrogens with one attached hydrogen (secondary N) is 2. The number of amides is 1. The molecule has 144 valence electrons. The topological polar surface area (TPSA) is 54.0 Å². The normalized spacial score (nSPS) is 11.1. The number of carbonyl (C=O) groups excluding carboxylic acids is 1. The van der Waals surface area contributed by atoms with Crippen LogP contribution in [0.25, 0.3) is 0 Å². The van der Waals surface area contributed by atoms with E-state index in [1.807, 2.05) is 31.2 Å². The number of anilines is 3. The highest BCUT2D eigenvalue weighted by molar-refractivity contribution is 5.92. The summed E-state index contributed by atoms with van der Waals surface area (Å²) in [5.74, 6) is 0.200. The van der Waals surface area contributed by atoms with E-state index in [2.05, 4.69) is 15.6 Å². The highest BCUT2D eigenvalue weighted by Gasteiger charge is 2.30. The molecule has 28 heavy (non-hydrogen) atoms. The van der Waals surface area contributed by atoms with Crippen molar-refractivity contribution in [3.63, 3.8) is 0 Å². The fourth-order valence-electron chi connectivity index (χ4n) is 2.65. The number of pyridine rings is 1. The molecule has 0 aliphatic heterocycles. The largest absolute Gasteiger partial charge is 0.416 e. The molecule has 0 bridgehead atoms. The minimum Gasteiger partial charge on any atom is -0.340 e. The lowest BCUT2D eigenvalue weighted by Gasteiger charge is -2.11. The molecular weight excluding hydrogens is 367 g/mol. The number of hydrogen-bond acceptors (Lipinski definition) is 3. The molecule has 3 rings (SSSR count). The number of benzene rings is 2. The van der Waals surface area contributed by atoms with Crippen molar-refractivity contribution < 1.29 is 18.0 Å². The maximum absolute atomic E-state index is 12.8. The maximum Gasteiger partial charge on any atom is 0.416 e. The summed E-state index contributed by atoms with van der Waals surface area (Å²) in [6.45, 7) is 1.94. The lowest BCUT2D eigenvalue weighted by atomic mass is 10.1. The summed E-state index contributed by atoms with van der Waals surface area (Å²) in [5, 5.41) is 5.58. The van der Waals surface area contributed by atoms with Crippen molar-refractivity contribution >= 4 is 23.1 Å². The highest BCUT2D eigenvalue weighted by Crippen LogP contribution is 2.31. The molecule has 1 aromatic heterocycles. The highest BCUT2D eigenvalue weighted by atomic mass is 19.4. The van der Waals surface area contributed by atoms with E-state index in [4.69, 9.17) is 0 Å². The van der Waals surface area contributed by atoms with Gasteiger partial charge < -0.3 is 10.6 Å². The molecule has 0 aliphatic carbocycles. The fraction of sp³-hybridized carbons (Fsp3) is 0.143. The second kappa shape index (κ2) is 8.12. The van der Waals surface area contributed by atoms with Crippen molar-refractivity contribution in [3.8, 4) is 0 Å². The average molecular weight is 385 g/mol. The molecule has 7 heteroatoms. The first-order valence-corrected chi connectivity index (χ1v) is 8.56. The van der Waals surface area contributed by atoms with Gasteiger partial charge in [0.1, 0.15) is 5.82 Å². The molecule has 0 unspecified atom stereocenters. The smallest absolute Gasteiger partial charge is 0.340 e. The molecular formula is C21H18F3N3O. The van der Waals surface area contributed by atoms with Gasteiger partial charge in [-0.05, 0) is 48.4 Å². The molecule has 1 heterocycles. The molecule has 0 saturated heterocycles. The molecule has 0 radical (unpaired) electrons. The van der Waals surface area contributed by atoms with Gasteiger partial charge in [-0.25, -0.2) is 4.98 Å². The van der Waals surface area contributed by atoms with Crippen LogP contribution in [-0.4, -0.2) is 10.9 Å². The predicted molar refractivity (Wildman–Crippen MR) is 102 cm³/mol. The zero-order valence-electron chi connectivity index (χ0n) is 15.0. The van der Waals surface area contributed by atoms with Gasteiger partial charge in [-0.2, -0.15) is 13.2 Å². The number of alkyl halides is 3. The van der Waals surface area contributed by atoms with E-state index in [1.165, 1.54) is 18.3 Å². The molecule has 0 spiro atoms. The van der Waals surface area contributed by atoms with E-state index in [1.54, 1.807) is 12.1 Å². The van der Waals surface area contributed by atoms with Crippen LogP contribution in [0.3, 0.4) is 0 Å². The van der Waals surface area contributed by atoms with Crippen LogP contribution in [0.2, 0.25) is 0 Å². The Morgan fingerprint density at radius 3 is 2.46 bits per heavy atom. The second-order valence-electron chi connectivity index (χ2n) is 6.29. The van der Waals surface area contributed by atoms with Crippen molar-refractivity contribution in [2.45, 2.75) is 19.5 Å². The van der Waals surface area contributed by atoms with E-state index in [9.17, 15) is 18.0 Å². The number of rotatable bonds is 5. The first-order chi connectivity index (χ1) is 13.3. The first kappa shape index (κ1) is 19.4. The quantitative estimate of drug-likeness (QED) is 0.624. The number of hydrogen-bond donors (Lipinski definition) is 2. The molecule has 0 fully saturated rings. The average Bonchev–Trinajstić information content (AvgIpc) is 2.65. The summed E-state index contributed by atoms with van der Waals surface area (Å²) in [5.41, 5.74) is 2.02. The lowest BCUT2D eigenvalue weighted by molar-refractivity contribution is -0.137. The van der Waals surface area contributed by atoms with Crippen molar-refractivity contribution in [2.24, 2.45) is 0 Å². The van der Waals surface area contributed by atoms with Gasteiger partial charge in [0.15, 0.2) is 0 Å². The van der Waals surface area contributed by atoms with Crippen molar-refractivity contribution in [1.29, 1.82) is 0 Å². The Labute approximate surface area is 160 Å². The minimum absolute atomic E-state index is 0.172. The van der Waals surface area contributed by atoms with E-state index in [0.29, 0.717) is 11.5 Å². The zero-order chi connectivity index (χ0) is 20.1. The summed E-state index contributed by atoms with van der Waals surface area (Å²) in [7, 11) is 0. The van der Waals surface area contributed by atoms with Gasteiger partial charge in [0, 0.05) is 5.69 Å². The molecule has 0 saturated carbocycles. The van der Waals surface area contributed by atoms with E-state index in [-0.39, 0.29) is 18.0 Å².